The minimum Gasteiger partial charge on any atom is -0.351 e. The van der Waals surface area contributed by atoms with Crippen LogP contribution in [0.2, 0.25) is 0 Å². The molecular weight excluding hydrogens is 284 g/mol. The maximum Gasteiger partial charge on any atom is 0.186 e. The van der Waals surface area contributed by atoms with Gasteiger partial charge in [0, 0.05) is 26.5 Å². The Morgan fingerprint density at radius 2 is 2.19 bits per heavy atom. The molecule has 1 aliphatic rings. The molecule has 3 heterocycles. The van der Waals surface area contributed by atoms with Gasteiger partial charge in [-0.3, -0.25) is 0 Å². The van der Waals surface area contributed by atoms with Gasteiger partial charge in [0.05, 0.1) is 16.4 Å². The first kappa shape index (κ1) is 12.8. The molecule has 0 radical (unpaired) electrons. The second-order valence-corrected chi connectivity index (χ2v) is 6.74. The van der Waals surface area contributed by atoms with Gasteiger partial charge in [-0.05, 0) is 25.7 Å². The Bertz CT molecular complexity index is 759. The standard InChI is InChI=1S/C14H18N6S/c1-8-11-13(20(3)18-8)17-14(21-11)16-10(9-4-5-9)12-15-6-7-19(12)2/h6-7,9-10H,4-5H2,1-3H3,(H,16,17). The van der Waals surface area contributed by atoms with Crippen molar-refractivity contribution < 1.29 is 0 Å². The summed E-state index contributed by atoms with van der Waals surface area (Å²) in [5, 5.41) is 8.96. The van der Waals surface area contributed by atoms with Crippen LogP contribution in [0.15, 0.2) is 12.4 Å². The van der Waals surface area contributed by atoms with Crippen LogP contribution in [-0.2, 0) is 14.1 Å². The highest BCUT2D eigenvalue weighted by Gasteiger charge is 2.35. The number of nitrogens with zero attached hydrogens (tertiary/aromatic N) is 5. The molecule has 7 heteroatoms. The molecule has 0 saturated heterocycles. The number of thiazole rings is 1. The Labute approximate surface area is 126 Å². The van der Waals surface area contributed by atoms with Crippen LogP contribution in [0, 0.1) is 12.8 Å². The predicted octanol–water partition coefficient (Wildman–Crippen LogP) is 2.63. The van der Waals surface area contributed by atoms with Crippen LogP contribution in [0.5, 0.6) is 0 Å². The summed E-state index contributed by atoms with van der Waals surface area (Å²) in [5.41, 5.74) is 1.99. The molecule has 110 valence electrons. The lowest BCUT2D eigenvalue weighted by atomic mass is 10.2. The molecule has 1 N–H and O–H groups in total. The van der Waals surface area contributed by atoms with Gasteiger partial charge in [-0.25, -0.2) is 14.6 Å². The third-order valence-electron chi connectivity index (χ3n) is 4.05. The van der Waals surface area contributed by atoms with E-state index in [0.29, 0.717) is 5.92 Å². The predicted molar refractivity (Wildman–Crippen MR) is 83.4 cm³/mol. The van der Waals surface area contributed by atoms with E-state index in [0.717, 1.165) is 27.0 Å². The van der Waals surface area contributed by atoms with Crippen molar-refractivity contribution in [2.75, 3.05) is 5.32 Å². The molecule has 0 spiro atoms. The topological polar surface area (TPSA) is 60.6 Å². The molecule has 21 heavy (non-hydrogen) atoms. The molecule has 1 atom stereocenters. The van der Waals surface area contributed by atoms with Gasteiger partial charge in [0.25, 0.3) is 0 Å². The van der Waals surface area contributed by atoms with Crippen LogP contribution < -0.4 is 5.32 Å². The summed E-state index contributed by atoms with van der Waals surface area (Å²) in [6, 6.07) is 0.249. The Hall–Kier alpha value is -1.89. The summed E-state index contributed by atoms with van der Waals surface area (Å²) in [6.07, 6.45) is 6.38. The van der Waals surface area contributed by atoms with Crippen molar-refractivity contribution in [3.8, 4) is 0 Å². The van der Waals surface area contributed by atoms with E-state index in [9.17, 15) is 0 Å². The van der Waals surface area contributed by atoms with Crippen molar-refractivity contribution >= 4 is 26.8 Å². The average Bonchev–Trinajstić information content (AvgIpc) is 2.97. The van der Waals surface area contributed by atoms with E-state index in [2.05, 4.69) is 20.0 Å². The largest absolute Gasteiger partial charge is 0.351 e. The zero-order valence-electron chi connectivity index (χ0n) is 12.4. The summed E-state index contributed by atoms with van der Waals surface area (Å²) in [5.74, 6) is 1.75. The first-order chi connectivity index (χ1) is 10.1. The van der Waals surface area contributed by atoms with Crippen LogP contribution in [0.4, 0.5) is 5.13 Å². The summed E-state index contributed by atoms with van der Waals surface area (Å²) >= 11 is 1.68. The second-order valence-electron chi connectivity index (χ2n) is 5.74. The fourth-order valence-electron chi connectivity index (χ4n) is 2.78. The number of imidazole rings is 1. The van der Waals surface area contributed by atoms with Gasteiger partial charge in [0.1, 0.15) is 5.82 Å². The van der Waals surface area contributed by atoms with Gasteiger partial charge in [-0.1, -0.05) is 11.3 Å². The molecule has 1 fully saturated rings. The number of anilines is 1. The number of aromatic nitrogens is 5. The van der Waals surface area contributed by atoms with E-state index in [-0.39, 0.29) is 6.04 Å². The van der Waals surface area contributed by atoms with E-state index in [1.54, 1.807) is 11.3 Å². The fourth-order valence-corrected chi connectivity index (χ4v) is 3.75. The minimum absolute atomic E-state index is 0.249. The van der Waals surface area contributed by atoms with Gasteiger partial charge >= 0.3 is 0 Å². The number of aryl methyl sites for hydroxylation is 3. The van der Waals surface area contributed by atoms with E-state index < -0.39 is 0 Å². The highest BCUT2D eigenvalue weighted by atomic mass is 32.1. The quantitative estimate of drug-likeness (QED) is 0.805. The average molecular weight is 302 g/mol. The monoisotopic (exact) mass is 302 g/mol. The van der Waals surface area contributed by atoms with Crippen LogP contribution in [-0.4, -0.2) is 24.3 Å². The molecule has 1 unspecified atom stereocenters. The number of nitrogens with one attached hydrogen (secondary N) is 1. The highest BCUT2D eigenvalue weighted by molar-refractivity contribution is 7.22. The zero-order chi connectivity index (χ0) is 14.6. The summed E-state index contributed by atoms with van der Waals surface area (Å²) in [4.78, 5) is 9.20. The van der Waals surface area contributed by atoms with Crippen molar-refractivity contribution in [1.29, 1.82) is 0 Å². The van der Waals surface area contributed by atoms with Gasteiger partial charge < -0.3 is 9.88 Å². The van der Waals surface area contributed by atoms with E-state index in [1.165, 1.54) is 12.8 Å². The van der Waals surface area contributed by atoms with Crippen molar-refractivity contribution in [3.63, 3.8) is 0 Å². The molecule has 1 aliphatic carbocycles. The molecule has 3 aromatic heterocycles. The lowest BCUT2D eigenvalue weighted by molar-refractivity contribution is 0.606. The number of fused-ring (bicyclic) bond motifs is 1. The van der Waals surface area contributed by atoms with E-state index in [4.69, 9.17) is 4.98 Å². The van der Waals surface area contributed by atoms with Gasteiger partial charge in [0.15, 0.2) is 10.8 Å². The zero-order valence-corrected chi connectivity index (χ0v) is 13.2. The fraction of sp³-hybridized carbons (Fsp3) is 0.500. The summed E-state index contributed by atoms with van der Waals surface area (Å²) in [6.45, 7) is 2.03. The first-order valence-corrected chi connectivity index (χ1v) is 7.99. The molecule has 0 aromatic carbocycles. The number of rotatable bonds is 4. The molecule has 0 bridgehead atoms. The summed E-state index contributed by atoms with van der Waals surface area (Å²) < 4.78 is 5.10. The van der Waals surface area contributed by atoms with Crippen molar-refractivity contribution in [2.24, 2.45) is 20.0 Å². The molecule has 4 rings (SSSR count). The SMILES string of the molecule is Cc1nn(C)c2nc(NC(c3nccn3C)C3CC3)sc12. The molecule has 6 nitrogen and oxygen atoms in total. The normalized spacial score (nSPS) is 16.5. The van der Waals surface area contributed by atoms with Crippen molar-refractivity contribution in [3.05, 3.63) is 23.9 Å². The van der Waals surface area contributed by atoms with E-state index >= 15 is 0 Å². The number of hydrogen-bond acceptors (Lipinski definition) is 5. The van der Waals surface area contributed by atoms with Crippen LogP contribution >= 0.6 is 11.3 Å². The van der Waals surface area contributed by atoms with Crippen LogP contribution in [0.25, 0.3) is 10.3 Å². The minimum atomic E-state index is 0.249. The molecular formula is C14H18N6S. The lowest BCUT2D eigenvalue weighted by Crippen LogP contribution is -2.17. The maximum absolute atomic E-state index is 4.69. The third-order valence-corrected chi connectivity index (χ3v) is 5.14. The Morgan fingerprint density at radius 3 is 2.81 bits per heavy atom. The number of hydrogen-bond donors (Lipinski definition) is 1. The molecule has 0 aliphatic heterocycles. The molecule has 3 aromatic rings. The van der Waals surface area contributed by atoms with Gasteiger partial charge in [-0.15, -0.1) is 0 Å². The third kappa shape index (κ3) is 2.12. The van der Waals surface area contributed by atoms with Crippen LogP contribution in [0.3, 0.4) is 0 Å². The van der Waals surface area contributed by atoms with Crippen LogP contribution in [0.1, 0.15) is 30.4 Å². The van der Waals surface area contributed by atoms with Crippen molar-refractivity contribution in [1.82, 2.24) is 24.3 Å². The smallest absolute Gasteiger partial charge is 0.186 e. The first-order valence-electron chi connectivity index (χ1n) is 7.17. The lowest BCUT2D eigenvalue weighted by Gasteiger charge is -2.17. The molecule has 0 amide bonds. The maximum atomic E-state index is 4.69. The Kier molecular flexibility index (Phi) is 2.78. The van der Waals surface area contributed by atoms with Gasteiger partial charge in [-0.2, -0.15) is 5.10 Å². The molecule has 1 saturated carbocycles. The van der Waals surface area contributed by atoms with Crippen molar-refractivity contribution in [2.45, 2.75) is 25.8 Å². The Morgan fingerprint density at radius 1 is 1.38 bits per heavy atom. The Balaban J connectivity index is 1.68. The highest BCUT2D eigenvalue weighted by Crippen LogP contribution is 2.43. The summed E-state index contributed by atoms with van der Waals surface area (Å²) in [7, 11) is 3.99. The van der Waals surface area contributed by atoms with Gasteiger partial charge in [0.2, 0.25) is 0 Å². The van der Waals surface area contributed by atoms with E-state index in [1.807, 2.05) is 38.1 Å². The second kappa shape index (κ2) is 4.56.